The van der Waals surface area contributed by atoms with Crippen molar-refractivity contribution in [2.75, 3.05) is 19.7 Å². The van der Waals surface area contributed by atoms with Crippen molar-refractivity contribution < 1.29 is 38.7 Å². The van der Waals surface area contributed by atoms with Crippen LogP contribution in [0.3, 0.4) is 0 Å². The van der Waals surface area contributed by atoms with E-state index in [1.807, 2.05) is 13.8 Å². The second kappa shape index (κ2) is 21.7. The van der Waals surface area contributed by atoms with Crippen molar-refractivity contribution in [3.05, 3.63) is 71.8 Å². The zero-order valence-electron chi connectivity index (χ0n) is 28.6. The summed E-state index contributed by atoms with van der Waals surface area (Å²) >= 11 is 0. The molecule has 2 rings (SSSR count). The molecule has 5 atom stereocenters. The second-order valence-electron chi connectivity index (χ2n) is 12.1. The van der Waals surface area contributed by atoms with Gasteiger partial charge in [0.15, 0.2) is 0 Å². The minimum absolute atomic E-state index is 0.000439. The van der Waals surface area contributed by atoms with Crippen LogP contribution in [0.25, 0.3) is 0 Å². The number of aliphatic hydroxyl groups excluding tert-OH is 1. The highest BCUT2D eigenvalue weighted by atomic mass is 16.3. The lowest BCUT2D eigenvalue weighted by atomic mass is 10.0. The van der Waals surface area contributed by atoms with Crippen molar-refractivity contribution >= 4 is 41.7 Å². The molecule has 0 fully saturated rings. The number of rotatable bonds is 21. The Labute approximate surface area is 291 Å². The van der Waals surface area contributed by atoms with Crippen LogP contribution in [0.4, 0.5) is 0 Å². The fourth-order valence-electron chi connectivity index (χ4n) is 4.80. The molecule has 9 N–H and O–H groups in total. The average Bonchev–Trinajstić information content (AvgIpc) is 3.10. The molecule has 15 nitrogen and oxygen atoms in total. The average molecular weight is 696 g/mol. The summed E-state index contributed by atoms with van der Waals surface area (Å²) in [6.45, 7) is 3.94. The van der Waals surface area contributed by atoms with E-state index >= 15 is 0 Å². The standard InChI is InChI=1S/C35H49N7O8/c1-4-25(36)31(46)39-26(17-22(2)3)33(48)41-28(19-24-13-9-6-10-14-24)34(49)42-29(21-44)35(50)40-27(18-23-11-7-5-8-12-23)32(47)38-20-30(45)37-15-16-43/h5-14,16,22,25-29,44H,4,15,17-21,36H2,1-3H3,(H,37,45)(H,38,47)(H,39,46)(H,40,50)(H,41,48)(H,42,49)/t25-,26-,27-,28-,29-/m0/s1. The second-order valence-corrected chi connectivity index (χ2v) is 12.1. The maximum Gasteiger partial charge on any atom is 0.245 e. The van der Waals surface area contributed by atoms with Crippen LogP contribution in [0, 0.1) is 5.92 Å². The number of amides is 6. The van der Waals surface area contributed by atoms with E-state index in [1.165, 1.54) is 0 Å². The summed E-state index contributed by atoms with van der Waals surface area (Å²) in [5, 5.41) is 25.2. The third-order valence-electron chi connectivity index (χ3n) is 7.57. The first-order valence-electron chi connectivity index (χ1n) is 16.5. The van der Waals surface area contributed by atoms with Crippen LogP contribution < -0.4 is 37.6 Å². The van der Waals surface area contributed by atoms with Gasteiger partial charge in [-0.15, -0.1) is 0 Å². The van der Waals surface area contributed by atoms with E-state index < -0.39 is 78.8 Å². The highest BCUT2D eigenvalue weighted by molar-refractivity contribution is 5.96. The van der Waals surface area contributed by atoms with E-state index in [0.717, 1.165) is 0 Å². The van der Waals surface area contributed by atoms with E-state index in [0.29, 0.717) is 23.8 Å². The predicted molar refractivity (Wildman–Crippen MR) is 185 cm³/mol. The van der Waals surface area contributed by atoms with Gasteiger partial charge in [-0.1, -0.05) is 81.4 Å². The number of carbonyl (C=O) groups is 7. The summed E-state index contributed by atoms with van der Waals surface area (Å²) in [6.07, 6.45) is 1.13. The zero-order chi connectivity index (χ0) is 37.1. The van der Waals surface area contributed by atoms with Gasteiger partial charge < -0.3 is 47.5 Å². The highest BCUT2D eigenvalue weighted by Crippen LogP contribution is 2.09. The highest BCUT2D eigenvalue weighted by Gasteiger charge is 2.32. The molecule has 0 unspecified atom stereocenters. The molecule has 2 aromatic rings. The quantitative estimate of drug-likeness (QED) is 0.0717. The Bertz CT molecular complexity index is 1420. The SMILES string of the molecule is CC[C@H](N)C(=O)N[C@@H](CC(C)C)C(=O)N[C@@H](Cc1ccccc1)C(=O)N[C@@H](CO)C(=O)N[C@@H](Cc1ccccc1)C(=O)NCC(=O)NCC=O. The van der Waals surface area contributed by atoms with Crippen LogP contribution in [-0.2, 0) is 46.4 Å². The fraction of sp³-hybridized carbons (Fsp3) is 0.457. The van der Waals surface area contributed by atoms with Crippen molar-refractivity contribution in [1.29, 1.82) is 0 Å². The van der Waals surface area contributed by atoms with E-state index in [4.69, 9.17) is 5.73 Å². The molecule has 0 bridgehead atoms. The Morgan fingerprint density at radius 1 is 0.680 bits per heavy atom. The smallest absolute Gasteiger partial charge is 0.245 e. The molecular weight excluding hydrogens is 646 g/mol. The van der Waals surface area contributed by atoms with Crippen molar-refractivity contribution in [3.63, 3.8) is 0 Å². The van der Waals surface area contributed by atoms with Gasteiger partial charge in [-0.3, -0.25) is 28.8 Å². The first kappa shape index (κ1) is 41.0. The maximum absolute atomic E-state index is 13.7. The summed E-state index contributed by atoms with van der Waals surface area (Å²) < 4.78 is 0. The summed E-state index contributed by atoms with van der Waals surface area (Å²) in [7, 11) is 0. The number of aliphatic hydroxyl groups is 1. The van der Waals surface area contributed by atoms with Crippen LogP contribution in [0.1, 0.15) is 44.7 Å². The molecule has 0 saturated carbocycles. The van der Waals surface area contributed by atoms with Gasteiger partial charge >= 0.3 is 0 Å². The van der Waals surface area contributed by atoms with E-state index in [1.54, 1.807) is 67.6 Å². The minimum atomic E-state index is -1.53. The van der Waals surface area contributed by atoms with E-state index in [9.17, 15) is 38.7 Å². The molecule has 6 amide bonds. The number of hydrogen-bond donors (Lipinski definition) is 8. The number of nitrogens with two attached hydrogens (primary N) is 1. The molecule has 50 heavy (non-hydrogen) atoms. The summed E-state index contributed by atoms with van der Waals surface area (Å²) in [5.74, 6) is -4.18. The van der Waals surface area contributed by atoms with Crippen LogP contribution in [0.15, 0.2) is 60.7 Å². The monoisotopic (exact) mass is 695 g/mol. The summed E-state index contributed by atoms with van der Waals surface area (Å²) in [6, 6.07) is 11.7. The normalized spacial score (nSPS) is 13.8. The lowest BCUT2D eigenvalue weighted by molar-refractivity contribution is -0.135. The van der Waals surface area contributed by atoms with Gasteiger partial charge in [0, 0.05) is 12.8 Å². The summed E-state index contributed by atoms with van der Waals surface area (Å²) in [4.78, 5) is 88.8. The van der Waals surface area contributed by atoms with Crippen molar-refractivity contribution in [2.24, 2.45) is 11.7 Å². The predicted octanol–water partition coefficient (Wildman–Crippen LogP) is -1.38. The molecule has 0 spiro atoms. The van der Waals surface area contributed by atoms with Gasteiger partial charge in [0.1, 0.15) is 30.5 Å². The number of carbonyl (C=O) groups excluding carboxylic acids is 7. The van der Waals surface area contributed by atoms with Crippen molar-refractivity contribution in [1.82, 2.24) is 31.9 Å². The molecule has 0 heterocycles. The van der Waals surface area contributed by atoms with Gasteiger partial charge in [-0.25, -0.2) is 0 Å². The summed E-state index contributed by atoms with van der Waals surface area (Å²) in [5.41, 5.74) is 7.23. The lowest BCUT2D eigenvalue weighted by Gasteiger charge is -2.27. The molecular formula is C35H49N7O8. The molecule has 272 valence electrons. The topological polar surface area (TPSA) is 238 Å². The van der Waals surface area contributed by atoms with Crippen LogP contribution in [0.5, 0.6) is 0 Å². The zero-order valence-corrected chi connectivity index (χ0v) is 28.6. The molecule has 2 aromatic carbocycles. The molecule has 0 radical (unpaired) electrons. The molecule has 0 aliphatic heterocycles. The van der Waals surface area contributed by atoms with Crippen LogP contribution in [-0.4, -0.2) is 96.7 Å². The van der Waals surface area contributed by atoms with Gasteiger partial charge in [-0.2, -0.15) is 0 Å². The number of nitrogens with one attached hydrogen (secondary N) is 6. The number of hydrogen-bond acceptors (Lipinski definition) is 9. The van der Waals surface area contributed by atoms with E-state index in [2.05, 4.69) is 31.9 Å². The van der Waals surface area contributed by atoms with Crippen LogP contribution in [0.2, 0.25) is 0 Å². The fourth-order valence-corrected chi connectivity index (χ4v) is 4.80. The van der Waals surface area contributed by atoms with Gasteiger partial charge in [-0.05, 0) is 29.9 Å². The number of aldehydes is 1. The maximum atomic E-state index is 13.7. The largest absolute Gasteiger partial charge is 0.394 e. The number of benzene rings is 2. The minimum Gasteiger partial charge on any atom is -0.394 e. The van der Waals surface area contributed by atoms with Crippen LogP contribution >= 0.6 is 0 Å². The molecule has 0 aliphatic rings. The van der Waals surface area contributed by atoms with Crippen molar-refractivity contribution in [3.8, 4) is 0 Å². The van der Waals surface area contributed by atoms with Gasteiger partial charge in [0.25, 0.3) is 0 Å². The Morgan fingerprint density at radius 2 is 1.14 bits per heavy atom. The molecule has 0 saturated heterocycles. The Balaban J connectivity index is 2.26. The van der Waals surface area contributed by atoms with Crippen molar-refractivity contribution in [2.45, 2.75) is 76.7 Å². The Hall–Kier alpha value is -5.15. The first-order chi connectivity index (χ1) is 23.9. The Morgan fingerprint density at radius 3 is 1.62 bits per heavy atom. The third kappa shape index (κ3) is 14.5. The Kier molecular flexibility index (Phi) is 17.8. The van der Waals surface area contributed by atoms with Gasteiger partial charge in [0.05, 0.1) is 25.7 Å². The molecule has 0 aromatic heterocycles. The third-order valence-corrected chi connectivity index (χ3v) is 7.57. The van der Waals surface area contributed by atoms with E-state index in [-0.39, 0.29) is 31.7 Å². The lowest BCUT2D eigenvalue weighted by Crippen LogP contribution is -2.60. The molecule has 0 aliphatic carbocycles. The molecule has 15 heteroatoms. The first-order valence-corrected chi connectivity index (χ1v) is 16.5. The van der Waals surface area contributed by atoms with Gasteiger partial charge in [0.2, 0.25) is 35.4 Å².